The van der Waals surface area contributed by atoms with Crippen LogP contribution in [0.15, 0.2) is 21.4 Å². The van der Waals surface area contributed by atoms with Crippen molar-refractivity contribution < 1.29 is 4.79 Å². The number of amides is 1. The summed E-state index contributed by atoms with van der Waals surface area (Å²) in [5.74, 6) is 0.0495. The summed E-state index contributed by atoms with van der Waals surface area (Å²) < 4.78 is 0.975. The van der Waals surface area contributed by atoms with Gasteiger partial charge in [-0.15, -0.1) is 22.7 Å². The molecule has 1 amide bonds. The highest BCUT2D eigenvalue weighted by molar-refractivity contribution is 9.11. The quantitative estimate of drug-likeness (QED) is 0.862. The molecule has 0 N–H and O–H groups in total. The predicted octanol–water partition coefficient (Wildman–Crippen LogP) is 3.55. The van der Waals surface area contributed by atoms with E-state index in [9.17, 15) is 4.79 Å². The summed E-state index contributed by atoms with van der Waals surface area (Å²) in [7, 11) is 1.81. The fraction of sp³-hybridized carbons (Fsp3) is 0.273. The number of carbonyl (C=O) groups is 1. The lowest BCUT2D eigenvalue weighted by molar-refractivity contribution is 0.0791. The van der Waals surface area contributed by atoms with Crippen LogP contribution in [0, 0.1) is 6.92 Å². The van der Waals surface area contributed by atoms with Crippen LogP contribution >= 0.6 is 38.6 Å². The number of thiophene rings is 1. The highest BCUT2D eigenvalue weighted by Crippen LogP contribution is 2.24. The molecule has 90 valence electrons. The number of aryl methyl sites for hydroxylation is 1. The number of nitrogens with zero attached hydrogens (tertiary/aromatic N) is 2. The van der Waals surface area contributed by atoms with E-state index in [0.717, 1.165) is 19.2 Å². The first-order chi connectivity index (χ1) is 8.08. The largest absolute Gasteiger partial charge is 0.336 e. The Kier molecular flexibility index (Phi) is 3.96. The summed E-state index contributed by atoms with van der Waals surface area (Å²) in [6.45, 7) is 2.58. The van der Waals surface area contributed by atoms with Gasteiger partial charge in [0.1, 0.15) is 0 Å². The SMILES string of the molecule is Cc1ncsc1CN(C)C(=O)c1ccc(Br)s1. The van der Waals surface area contributed by atoms with Crippen LogP contribution in [-0.4, -0.2) is 22.8 Å². The zero-order valence-corrected chi connectivity index (χ0v) is 12.7. The maximum Gasteiger partial charge on any atom is 0.264 e. The Morgan fingerprint density at radius 3 is 2.82 bits per heavy atom. The van der Waals surface area contributed by atoms with Gasteiger partial charge in [-0.3, -0.25) is 4.79 Å². The average molecular weight is 331 g/mol. The number of thiazole rings is 1. The molecule has 2 rings (SSSR count). The molecule has 0 aromatic carbocycles. The van der Waals surface area contributed by atoms with Gasteiger partial charge in [0.15, 0.2) is 0 Å². The van der Waals surface area contributed by atoms with Gasteiger partial charge in [-0.05, 0) is 35.0 Å². The minimum absolute atomic E-state index is 0.0495. The van der Waals surface area contributed by atoms with Crippen LogP contribution in [0.25, 0.3) is 0 Å². The molecule has 0 unspecified atom stereocenters. The highest BCUT2D eigenvalue weighted by atomic mass is 79.9. The first-order valence-electron chi connectivity index (χ1n) is 4.97. The fourth-order valence-corrected chi connectivity index (χ4v) is 3.59. The van der Waals surface area contributed by atoms with Crippen molar-refractivity contribution in [3.63, 3.8) is 0 Å². The Balaban J connectivity index is 2.08. The van der Waals surface area contributed by atoms with Crippen molar-refractivity contribution in [1.29, 1.82) is 0 Å². The van der Waals surface area contributed by atoms with Crippen molar-refractivity contribution in [2.75, 3.05) is 7.05 Å². The van der Waals surface area contributed by atoms with E-state index < -0.39 is 0 Å². The summed E-state index contributed by atoms with van der Waals surface area (Å²) in [6.07, 6.45) is 0. The monoisotopic (exact) mass is 330 g/mol. The van der Waals surface area contributed by atoms with E-state index in [-0.39, 0.29) is 5.91 Å². The lowest BCUT2D eigenvalue weighted by atomic mass is 10.3. The van der Waals surface area contributed by atoms with Gasteiger partial charge >= 0.3 is 0 Å². The van der Waals surface area contributed by atoms with Gasteiger partial charge in [0.2, 0.25) is 0 Å². The fourth-order valence-electron chi connectivity index (χ4n) is 1.38. The Bertz CT molecular complexity index is 535. The Morgan fingerprint density at radius 2 is 2.29 bits per heavy atom. The van der Waals surface area contributed by atoms with E-state index in [1.807, 2.05) is 31.6 Å². The van der Waals surface area contributed by atoms with Crippen molar-refractivity contribution in [3.05, 3.63) is 36.9 Å². The molecule has 2 heterocycles. The van der Waals surface area contributed by atoms with Crippen LogP contribution in [0.4, 0.5) is 0 Å². The molecule has 0 atom stereocenters. The highest BCUT2D eigenvalue weighted by Gasteiger charge is 2.15. The molecule has 0 saturated carbocycles. The van der Waals surface area contributed by atoms with Crippen LogP contribution < -0.4 is 0 Å². The molecule has 0 bridgehead atoms. The number of hydrogen-bond donors (Lipinski definition) is 0. The molecule has 17 heavy (non-hydrogen) atoms. The van der Waals surface area contributed by atoms with Gasteiger partial charge in [0.05, 0.1) is 26.4 Å². The van der Waals surface area contributed by atoms with Gasteiger partial charge in [-0.1, -0.05) is 0 Å². The third-order valence-electron chi connectivity index (χ3n) is 2.36. The molecule has 2 aromatic heterocycles. The van der Waals surface area contributed by atoms with Crippen LogP contribution in [0.2, 0.25) is 0 Å². The smallest absolute Gasteiger partial charge is 0.264 e. The second kappa shape index (κ2) is 5.29. The van der Waals surface area contributed by atoms with Crippen LogP contribution in [0.5, 0.6) is 0 Å². The Morgan fingerprint density at radius 1 is 1.53 bits per heavy atom. The third kappa shape index (κ3) is 2.94. The summed E-state index contributed by atoms with van der Waals surface area (Å²) in [5.41, 5.74) is 2.81. The summed E-state index contributed by atoms with van der Waals surface area (Å²) >= 11 is 6.40. The minimum atomic E-state index is 0.0495. The first-order valence-corrected chi connectivity index (χ1v) is 7.46. The number of hydrogen-bond acceptors (Lipinski definition) is 4. The first kappa shape index (κ1) is 12.7. The molecule has 0 saturated heterocycles. The molecule has 0 spiro atoms. The summed E-state index contributed by atoms with van der Waals surface area (Å²) in [6, 6.07) is 3.73. The molecule has 3 nitrogen and oxygen atoms in total. The molecule has 6 heteroatoms. The Hall–Kier alpha value is -0.720. The molecule has 0 aliphatic heterocycles. The van der Waals surface area contributed by atoms with E-state index in [1.165, 1.54) is 11.3 Å². The molecular weight excluding hydrogens is 320 g/mol. The normalized spacial score (nSPS) is 10.5. The molecule has 0 aliphatic rings. The maximum atomic E-state index is 12.1. The minimum Gasteiger partial charge on any atom is -0.336 e. The summed E-state index contributed by atoms with van der Waals surface area (Å²) in [4.78, 5) is 19.9. The predicted molar refractivity (Wildman–Crippen MR) is 74.7 cm³/mol. The zero-order valence-electron chi connectivity index (χ0n) is 9.44. The van der Waals surface area contributed by atoms with E-state index in [0.29, 0.717) is 6.54 Å². The van der Waals surface area contributed by atoms with Crippen molar-refractivity contribution >= 4 is 44.5 Å². The van der Waals surface area contributed by atoms with E-state index in [1.54, 1.807) is 16.2 Å². The Labute approximate surface area is 116 Å². The third-order valence-corrected chi connectivity index (χ3v) is 4.89. The lowest BCUT2D eigenvalue weighted by Gasteiger charge is -2.15. The van der Waals surface area contributed by atoms with Crippen molar-refractivity contribution in [1.82, 2.24) is 9.88 Å². The second-order valence-corrected chi connectivity index (χ2v) is 7.03. The molecule has 0 radical (unpaired) electrons. The van der Waals surface area contributed by atoms with Crippen LogP contribution in [0.1, 0.15) is 20.2 Å². The number of halogens is 1. The average Bonchev–Trinajstić information content (AvgIpc) is 2.88. The maximum absolute atomic E-state index is 12.1. The van der Waals surface area contributed by atoms with E-state index >= 15 is 0 Å². The van der Waals surface area contributed by atoms with Crippen LogP contribution in [-0.2, 0) is 6.54 Å². The second-order valence-electron chi connectivity index (χ2n) is 3.63. The number of rotatable bonds is 3. The van der Waals surface area contributed by atoms with Crippen molar-refractivity contribution in [2.45, 2.75) is 13.5 Å². The van der Waals surface area contributed by atoms with Crippen molar-refractivity contribution in [2.24, 2.45) is 0 Å². The van der Waals surface area contributed by atoms with Gasteiger partial charge in [-0.25, -0.2) is 4.98 Å². The van der Waals surface area contributed by atoms with E-state index in [2.05, 4.69) is 20.9 Å². The molecule has 0 aliphatic carbocycles. The standard InChI is InChI=1S/C11H11BrN2OS2/c1-7-9(16-6-13-7)5-14(2)11(15)8-3-4-10(12)17-8/h3-4,6H,5H2,1-2H3. The summed E-state index contributed by atoms with van der Waals surface area (Å²) in [5, 5.41) is 0. The lowest BCUT2D eigenvalue weighted by Crippen LogP contribution is -2.25. The number of carbonyl (C=O) groups excluding carboxylic acids is 1. The topological polar surface area (TPSA) is 33.2 Å². The molecule has 2 aromatic rings. The molecule has 0 fully saturated rings. The van der Waals surface area contributed by atoms with Gasteiger partial charge < -0.3 is 4.90 Å². The van der Waals surface area contributed by atoms with Gasteiger partial charge in [0.25, 0.3) is 5.91 Å². The van der Waals surface area contributed by atoms with Gasteiger partial charge in [-0.2, -0.15) is 0 Å². The van der Waals surface area contributed by atoms with E-state index in [4.69, 9.17) is 0 Å². The number of aromatic nitrogens is 1. The van der Waals surface area contributed by atoms with Crippen molar-refractivity contribution in [3.8, 4) is 0 Å². The van der Waals surface area contributed by atoms with Gasteiger partial charge in [0, 0.05) is 11.9 Å². The zero-order chi connectivity index (χ0) is 12.4. The van der Waals surface area contributed by atoms with Crippen LogP contribution in [0.3, 0.4) is 0 Å². The molecular formula is C11H11BrN2OS2.